The Hall–Kier alpha value is -1.81. The Labute approximate surface area is 115 Å². The number of aromatic nitrogens is 2. The van der Waals surface area contributed by atoms with Crippen molar-refractivity contribution in [2.24, 2.45) is 5.92 Å². The maximum Gasteiger partial charge on any atom is 0.306 e. The Morgan fingerprint density at radius 1 is 1.37 bits per heavy atom. The van der Waals surface area contributed by atoms with Crippen molar-refractivity contribution < 1.29 is 9.90 Å². The van der Waals surface area contributed by atoms with Crippen molar-refractivity contribution in [2.45, 2.75) is 19.4 Å². The van der Waals surface area contributed by atoms with Crippen LogP contribution in [0, 0.1) is 5.92 Å². The first-order chi connectivity index (χ1) is 9.15. The number of imidazole rings is 1. The smallest absolute Gasteiger partial charge is 0.306 e. The molecule has 1 N–H and O–H groups in total. The molecule has 1 aliphatic heterocycles. The van der Waals surface area contributed by atoms with Gasteiger partial charge in [0.15, 0.2) is 0 Å². The lowest BCUT2D eigenvalue weighted by atomic mass is 9.96. The first kappa shape index (κ1) is 12.2. The molecular weight excluding hydrogens is 264 g/mol. The van der Waals surface area contributed by atoms with Crippen LogP contribution in [-0.4, -0.2) is 20.6 Å². The van der Waals surface area contributed by atoms with Gasteiger partial charge in [0.2, 0.25) is 0 Å². The number of fused-ring (bicyclic) bond motifs is 1. The highest BCUT2D eigenvalue weighted by atomic mass is 35.5. The van der Waals surface area contributed by atoms with Crippen molar-refractivity contribution in [2.75, 3.05) is 0 Å². The number of benzene rings is 1. The highest BCUT2D eigenvalue weighted by Gasteiger charge is 2.26. The molecule has 0 radical (unpaired) electrons. The number of nitrogens with zero attached hydrogens (tertiary/aromatic N) is 2. The Kier molecular flexibility index (Phi) is 3.03. The summed E-state index contributed by atoms with van der Waals surface area (Å²) in [5.74, 6) is -0.127. The van der Waals surface area contributed by atoms with E-state index in [2.05, 4.69) is 9.55 Å². The van der Waals surface area contributed by atoms with E-state index >= 15 is 0 Å². The van der Waals surface area contributed by atoms with E-state index in [9.17, 15) is 4.79 Å². The van der Waals surface area contributed by atoms with Crippen LogP contribution in [-0.2, 0) is 17.8 Å². The van der Waals surface area contributed by atoms with Crippen LogP contribution >= 0.6 is 11.6 Å². The van der Waals surface area contributed by atoms with Crippen molar-refractivity contribution in [3.05, 3.63) is 41.2 Å². The second-order valence-corrected chi connectivity index (χ2v) is 5.20. The van der Waals surface area contributed by atoms with E-state index in [1.807, 2.05) is 24.3 Å². The molecule has 0 amide bonds. The molecule has 0 aliphatic carbocycles. The van der Waals surface area contributed by atoms with Crippen molar-refractivity contribution in [3.63, 3.8) is 0 Å². The molecule has 2 aromatic rings. The average molecular weight is 277 g/mol. The summed E-state index contributed by atoms with van der Waals surface area (Å²) in [5.41, 5.74) is 1.99. The fourth-order valence-electron chi connectivity index (χ4n) is 2.50. The van der Waals surface area contributed by atoms with Gasteiger partial charge in [-0.25, -0.2) is 4.98 Å². The summed E-state index contributed by atoms with van der Waals surface area (Å²) in [7, 11) is 0. The molecule has 2 heterocycles. The summed E-state index contributed by atoms with van der Waals surface area (Å²) < 4.78 is 2.10. The molecule has 1 unspecified atom stereocenters. The van der Waals surface area contributed by atoms with E-state index in [1.54, 1.807) is 6.20 Å². The second kappa shape index (κ2) is 4.70. The van der Waals surface area contributed by atoms with Crippen LogP contribution < -0.4 is 0 Å². The lowest BCUT2D eigenvalue weighted by Gasteiger charge is -2.22. The van der Waals surface area contributed by atoms with Crippen LogP contribution in [0.15, 0.2) is 30.5 Å². The number of hydrogen-bond acceptors (Lipinski definition) is 2. The molecule has 19 heavy (non-hydrogen) atoms. The fourth-order valence-corrected chi connectivity index (χ4v) is 2.63. The molecule has 1 aliphatic rings. The molecule has 98 valence electrons. The van der Waals surface area contributed by atoms with Gasteiger partial charge in [0.1, 0.15) is 5.82 Å². The van der Waals surface area contributed by atoms with Crippen LogP contribution in [0.25, 0.3) is 11.4 Å². The molecule has 3 rings (SSSR count). The van der Waals surface area contributed by atoms with Crippen molar-refractivity contribution in [1.29, 1.82) is 0 Å². The number of carbonyl (C=O) groups is 1. The quantitative estimate of drug-likeness (QED) is 0.918. The predicted octanol–water partition coefficient (Wildman–Crippen LogP) is 2.85. The van der Waals surface area contributed by atoms with Crippen molar-refractivity contribution >= 4 is 17.6 Å². The topological polar surface area (TPSA) is 55.1 Å². The van der Waals surface area contributed by atoms with Gasteiger partial charge >= 0.3 is 5.97 Å². The van der Waals surface area contributed by atoms with Gasteiger partial charge in [0.05, 0.1) is 5.92 Å². The van der Waals surface area contributed by atoms with Crippen LogP contribution in [0.3, 0.4) is 0 Å². The average Bonchev–Trinajstić information content (AvgIpc) is 2.82. The molecule has 0 spiro atoms. The fraction of sp³-hybridized carbons (Fsp3) is 0.286. The van der Waals surface area contributed by atoms with Crippen LogP contribution in [0.4, 0.5) is 0 Å². The normalized spacial score (nSPS) is 18.1. The summed E-state index contributed by atoms with van der Waals surface area (Å²) in [6.07, 6.45) is 2.98. The maximum atomic E-state index is 11.0. The number of hydrogen-bond donors (Lipinski definition) is 1. The SMILES string of the molecule is O=C(O)C1CCn2c(cnc2-c2ccc(Cl)cc2)C1. The van der Waals surface area contributed by atoms with E-state index in [0.29, 0.717) is 24.4 Å². The molecule has 1 aromatic carbocycles. The Morgan fingerprint density at radius 3 is 2.79 bits per heavy atom. The van der Waals surface area contributed by atoms with Gasteiger partial charge in [-0.2, -0.15) is 0 Å². The van der Waals surface area contributed by atoms with Gasteiger partial charge in [-0.3, -0.25) is 4.79 Å². The van der Waals surface area contributed by atoms with Crippen LogP contribution in [0.2, 0.25) is 5.02 Å². The maximum absolute atomic E-state index is 11.0. The first-order valence-electron chi connectivity index (χ1n) is 6.18. The van der Waals surface area contributed by atoms with Gasteiger partial charge in [-0.15, -0.1) is 0 Å². The first-order valence-corrected chi connectivity index (χ1v) is 6.56. The third-order valence-corrected chi connectivity index (χ3v) is 3.80. The summed E-state index contributed by atoms with van der Waals surface area (Å²) in [6.45, 7) is 0.699. The molecular formula is C14H13ClN2O2. The van der Waals surface area contributed by atoms with Crippen molar-refractivity contribution in [1.82, 2.24) is 9.55 Å². The largest absolute Gasteiger partial charge is 0.481 e. The lowest BCUT2D eigenvalue weighted by Crippen LogP contribution is -2.25. The number of aliphatic carboxylic acids is 1. The minimum absolute atomic E-state index is 0.290. The van der Waals surface area contributed by atoms with E-state index in [-0.39, 0.29) is 5.92 Å². The number of carboxylic acid groups (broad SMARTS) is 1. The zero-order valence-electron chi connectivity index (χ0n) is 10.2. The van der Waals surface area contributed by atoms with E-state index in [0.717, 1.165) is 17.1 Å². The van der Waals surface area contributed by atoms with Gasteiger partial charge in [0.25, 0.3) is 0 Å². The minimum atomic E-state index is -0.722. The molecule has 0 saturated carbocycles. The van der Waals surface area contributed by atoms with Crippen LogP contribution in [0.1, 0.15) is 12.1 Å². The molecule has 4 nitrogen and oxygen atoms in total. The predicted molar refractivity (Wildman–Crippen MR) is 72.1 cm³/mol. The van der Waals surface area contributed by atoms with Gasteiger partial charge in [0, 0.05) is 35.4 Å². The number of halogens is 1. The lowest BCUT2D eigenvalue weighted by molar-refractivity contribution is -0.142. The summed E-state index contributed by atoms with van der Waals surface area (Å²) >= 11 is 5.88. The second-order valence-electron chi connectivity index (χ2n) is 4.76. The molecule has 1 aromatic heterocycles. The highest BCUT2D eigenvalue weighted by Crippen LogP contribution is 2.27. The van der Waals surface area contributed by atoms with Gasteiger partial charge in [-0.1, -0.05) is 11.6 Å². The molecule has 5 heteroatoms. The zero-order chi connectivity index (χ0) is 13.4. The third kappa shape index (κ3) is 2.24. The Balaban J connectivity index is 1.95. The van der Waals surface area contributed by atoms with Crippen molar-refractivity contribution in [3.8, 4) is 11.4 Å². The molecule has 0 bridgehead atoms. The van der Waals surface area contributed by atoms with Gasteiger partial charge < -0.3 is 9.67 Å². The van der Waals surface area contributed by atoms with E-state index in [4.69, 9.17) is 16.7 Å². The van der Waals surface area contributed by atoms with Crippen LogP contribution in [0.5, 0.6) is 0 Å². The minimum Gasteiger partial charge on any atom is -0.481 e. The summed E-state index contributed by atoms with van der Waals surface area (Å²) in [5, 5.41) is 9.77. The Bertz CT molecular complexity index is 619. The molecule has 0 fully saturated rings. The summed E-state index contributed by atoms with van der Waals surface area (Å²) in [4.78, 5) is 15.5. The molecule has 0 saturated heterocycles. The standard InChI is InChI=1S/C14H13ClN2O2/c15-11-3-1-9(2-4-11)13-16-8-12-7-10(14(18)19)5-6-17(12)13/h1-4,8,10H,5-7H2,(H,18,19). The number of carboxylic acids is 1. The molecule has 1 atom stereocenters. The number of rotatable bonds is 2. The summed E-state index contributed by atoms with van der Waals surface area (Å²) in [6, 6.07) is 7.53. The van der Waals surface area contributed by atoms with E-state index in [1.165, 1.54) is 0 Å². The van der Waals surface area contributed by atoms with E-state index < -0.39 is 5.97 Å². The van der Waals surface area contributed by atoms with Gasteiger partial charge in [-0.05, 0) is 30.7 Å². The monoisotopic (exact) mass is 276 g/mol. The third-order valence-electron chi connectivity index (χ3n) is 3.55. The Morgan fingerprint density at radius 2 is 2.11 bits per heavy atom. The zero-order valence-corrected chi connectivity index (χ0v) is 11.0. The highest BCUT2D eigenvalue weighted by molar-refractivity contribution is 6.30.